The third-order valence-electron chi connectivity index (χ3n) is 3.90. The number of hydrogen-bond donors (Lipinski definition) is 1. The van der Waals surface area contributed by atoms with Gasteiger partial charge in [-0.15, -0.1) is 0 Å². The van der Waals surface area contributed by atoms with Crippen molar-refractivity contribution in [3.63, 3.8) is 0 Å². The summed E-state index contributed by atoms with van der Waals surface area (Å²) in [5, 5.41) is 6.72. The Morgan fingerprint density at radius 3 is 2.64 bits per heavy atom. The zero-order chi connectivity index (χ0) is 18.1. The summed E-state index contributed by atoms with van der Waals surface area (Å²) in [5.41, 5.74) is 2.13. The fourth-order valence-corrected chi connectivity index (χ4v) is 3.02. The van der Waals surface area contributed by atoms with Gasteiger partial charge in [0.1, 0.15) is 0 Å². The van der Waals surface area contributed by atoms with Gasteiger partial charge >= 0.3 is 5.97 Å². The predicted molar refractivity (Wildman–Crippen MR) is 101 cm³/mol. The minimum Gasteiger partial charge on any atom is -0.449 e. The Labute approximate surface area is 152 Å². The molecule has 0 saturated heterocycles. The second-order valence-electron chi connectivity index (χ2n) is 5.73. The van der Waals surface area contributed by atoms with E-state index in [1.54, 1.807) is 24.3 Å². The highest BCUT2D eigenvalue weighted by Gasteiger charge is 2.18. The van der Waals surface area contributed by atoms with Gasteiger partial charge in [0.15, 0.2) is 6.10 Å². The van der Waals surface area contributed by atoms with Crippen molar-refractivity contribution in [2.75, 3.05) is 6.54 Å². The standard InChI is InChI=1S/C20H23NO3S/c1-3-17(18-7-5-4-6-8-18)13-21-20(23)15(2)24-19(22)10-9-16-11-12-25-14-16/h4-12,14-15,17H,3,13H2,1-2H3,(H,21,23)/b10-9+/t15-,17-/m1/s1. The van der Waals surface area contributed by atoms with E-state index in [9.17, 15) is 9.59 Å². The highest BCUT2D eigenvalue weighted by molar-refractivity contribution is 7.08. The summed E-state index contributed by atoms with van der Waals surface area (Å²) in [6, 6.07) is 12.0. The largest absolute Gasteiger partial charge is 0.449 e. The summed E-state index contributed by atoms with van der Waals surface area (Å²) in [6.45, 7) is 4.18. The summed E-state index contributed by atoms with van der Waals surface area (Å²) in [7, 11) is 0. The lowest BCUT2D eigenvalue weighted by Gasteiger charge is -2.18. The topological polar surface area (TPSA) is 55.4 Å². The second kappa shape index (κ2) is 9.79. The molecule has 4 nitrogen and oxygen atoms in total. The van der Waals surface area contributed by atoms with Gasteiger partial charge in [-0.1, -0.05) is 37.3 Å². The fraction of sp³-hybridized carbons (Fsp3) is 0.300. The van der Waals surface area contributed by atoms with Gasteiger partial charge < -0.3 is 10.1 Å². The first-order valence-electron chi connectivity index (χ1n) is 8.33. The van der Waals surface area contributed by atoms with E-state index in [4.69, 9.17) is 4.74 Å². The lowest BCUT2D eigenvalue weighted by molar-refractivity contribution is -0.150. The van der Waals surface area contributed by atoms with Crippen molar-refractivity contribution in [1.82, 2.24) is 5.32 Å². The number of carbonyl (C=O) groups excluding carboxylic acids is 2. The molecule has 0 unspecified atom stereocenters. The number of carbonyl (C=O) groups is 2. The van der Waals surface area contributed by atoms with Gasteiger partial charge in [0, 0.05) is 18.5 Å². The number of benzene rings is 1. The summed E-state index contributed by atoms with van der Waals surface area (Å²) < 4.78 is 5.15. The zero-order valence-corrected chi connectivity index (χ0v) is 15.3. The van der Waals surface area contributed by atoms with Crippen LogP contribution in [0.15, 0.2) is 53.2 Å². The van der Waals surface area contributed by atoms with E-state index in [0.717, 1.165) is 12.0 Å². The molecule has 0 spiro atoms. The van der Waals surface area contributed by atoms with Crippen LogP contribution in [-0.2, 0) is 14.3 Å². The van der Waals surface area contributed by atoms with Crippen molar-refractivity contribution in [2.24, 2.45) is 0 Å². The maximum atomic E-state index is 12.2. The van der Waals surface area contributed by atoms with Crippen molar-refractivity contribution < 1.29 is 14.3 Å². The first kappa shape index (κ1) is 18.9. The Kier molecular flexibility index (Phi) is 7.41. The quantitative estimate of drug-likeness (QED) is 0.574. The van der Waals surface area contributed by atoms with E-state index in [2.05, 4.69) is 24.4 Å². The zero-order valence-electron chi connectivity index (χ0n) is 14.5. The van der Waals surface area contributed by atoms with Crippen molar-refractivity contribution in [1.29, 1.82) is 0 Å². The molecular formula is C20H23NO3S. The molecule has 0 radical (unpaired) electrons. The van der Waals surface area contributed by atoms with Crippen LogP contribution in [0.5, 0.6) is 0 Å². The molecule has 1 aromatic carbocycles. The van der Waals surface area contributed by atoms with Crippen LogP contribution in [0, 0.1) is 0 Å². The fourth-order valence-electron chi connectivity index (χ4n) is 2.39. The van der Waals surface area contributed by atoms with E-state index in [1.807, 2.05) is 35.0 Å². The monoisotopic (exact) mass is 357 g/mol. The van der Waals surface area contributed by atoms with Crippen LogP contribution in [0.3, 0.4) is 0 Å². The average molecular weight is 357 g/mol. The molecule has 0 aliphatic heterocycles. The number of ether oxygens (including phenoxy) is 1. The minimum absolute atomic E-state index is 0.242. The lowest BCUT2D eigenvalue weighted by Crippen LogP contribution is -2.37. The van der Waals surface area contributed by atoms with E-state index < -0.39 is 12.1 Å². The Morgan fingerprint density at radius 2 is 2.00 bits per heavy atom. The number of hydrogen-bond acceptors (Lipinski definition) is 4. The van der Waals surface area contributed by atoms with E-state index >= 15 is 0 Å². The molecule has 0 aliphatic carbocycles. The molecule has 0 aliphatic rings. The maximum Gasteiger partial charge on any atom is 0.331 e. The molecule has 1 N–H and O–H groups in total. The van der Waals surface area contributed by atoms with Crippen LogP contribution in [0.4, 0.5) is 0 Å². The third-order valence-corrected chi connectivity index (χ3v) is 4.61. The van der Waals surface area contributed by atoms with Crippen LogP contribution < -0.4 is 5.32 Å². The van der Waals surface area contributed by atoms with Crippen molar-refractivity contribution >= 4 is 29.3 Å². The van der Waals surface area contributed by atoms with Crippen molar-refractivity contribution in [3.05, 3.63) is 64.4 Å². The maximum absolute atomic E-state index is 12.2. The normalized spacial score (nSPS) is 13.4. The van der Waals surface area contributed by atoms with Gasteiger partial charge in [-0.05, 0) is 47.4 Å². The van der Waals surface area contributed by atoms with E-state index in [-0.39, 0.29) is 11.8 Å². The van der Waals surface area contributed by atoms with E-state index in [1.165, 1.54) is 11.6 Å². The summed E-state index contributed by atoms with van der Waals surface area (Å²) in [4.78, 5) is 23.9. The summed E-state index contributed by atoms with van der Waals surface area (Å²) in [5.74, 6) is -0.567. The average Bonchev–Trinajstić information content (AvgIpc) is 3.14. The first-order chi connectivity index (χ1) is 12.1. The molecule has 1 heterocycles. The Morgan fingerprint density at radius 1 is 1.24 bits per heavy atom. The van der Waals surface area contributed by atoms with E-state index in [0.29, 0.717) is 6.54 Å². The number of nitrogens with one attached hydrogen (secondary N) is 1. The molecule has 0 fully saturated rings. The van der Waals surface area contributed by atoms with Gasteiger partial charge in [0.25, 0.3) is 5.91 Å². The van der Waals surface area contributed by atoms with Gasteiger partial charge in [0.2, 0.25) is 0 Å². The molecule has 0 saturated carbocycles. The number of amides is 1. The molecule has 2 aromatic rings. The van der Waals surface area contributed by atoms with Crippen LogP contribution in [0.25, 0.3) is 6.08 Å². The van der Waals surface area contributed by atoms with Gasteiger partial charge in [-0.3, -0.25) is 4.79 Å². The second-order valence-corrected chi connectivity index (χ2v) is 6.51. The van der Waals surface area contributed by atoms with Gasteiger partial charge in [-0.25, -0.2) is 4.79 Å². The third kappa shape index (κ3) is 6.19. The summed E-state index contributed by atoms with van der Waals surface area (Å²) >= 11 is 1.55. The first-order valence-corrected chi connectivity index (χ1v) is 9.28. The highest BCUT2D eigenvalue weighted by atomic mass is 32.1. The number of rotatable bonds is 8. The molecule has 2 atom stereocenters. The lowest BCUT2D eigenvalue weighted by atomic mass is 9.96. The smallest absolute Gasteiger partial charge is 0.331 e. The predicted octanol–water partition coefficient (Wildman–Crippen LogP) is 4.00. The SMILES string of the molecule is CC[C@H](CNC(=O)[C@@H](C)OC(=O)/C=C/c1ccsc1)c1ccccc1. The number of esters is 1. The molecule has 25 heavy (non-hydrogen) atoms. The minimum atomic E-state index is -0.826. The molecular weight excluding hydrogens is 334 g/mol. The molecule has 0 bridgehead atoms. The molecule has 1 amide bonds. The Balaban J connectivity index is 1.80. The van der Waals surface area contributed by atoms with Crippen LogP contribution >= 0.6 is 11.3 Å². The van der Waals surface area contributed by atoms with Crippen LogP contribution in [0.2, 0.25) is 0 Å². The Hall–Kier alpha value is -2.40. The highest BCUT2D eigenvalue weighted by Crippen LogP contribution is 2.18. The van der Waals surface area contributed by atoms with Crippen LogP contribution in [0.1, 0.15) is 37.3 Å². The number of thiophene rings is 1. The molecule has 1 aromatic heterocycles. The van der Waals surface area contributed by atoms with Crippen LogP contribution in [-0.4, -0.2) is 24.5 Å². The van der Waals surface area contributed by atoms with Gasteiger partial charge in [0.05, 0.1) is 0 Å². The molecule has 2 rings (SSSR count). The summed E-state index contributed by atoms with van der Waals surface area (Å²) in [6.07, 6.45) is 3.10. The van der Waals surface area contributed by atoms with Crippen molar-refractivity contribution in [3.8, 4) is 0 Å². The van der Waals surface area contributed by atoms with Crippen molar-refractivity contribution in [2.45, 2.75) is 32.3 Å². The van der Waals surface area contributed by atoms with Gasteiger partial charge in [-0.2, -0.15) is 11.3 Å². The molecule has 132 valence electrons. The Bertz CT molecular complexity index is 695. The molecule has 5 heteroatoms.